The molecule has 2 atom stereocenters. The van der Waals surface area contributed by atoms with E-state index in [9.17, 15) is 4.79 Å². The fourth-order valence-electron chi connectivity index (χ4n) is 5.24. The Morgan fingerprint density at radius 1 is 1.13 bits per heavy atom. The maximum Gasteiger partial charge on any atom is 0.230 e. The first-order chi connectivity index (χ1) is 15.0. The Hall–Kier alpha value is -1.85. The van der Waals surface area contributed by atoms with Gasteiger partial charge in [0.1, 0.15) is 0 Å². The summed E-state index contributed by atoms with van der Waals surface area (Å²) >= 11 is 0. The molecule has 0 saturated carbocycles. The predicted octanol–water partition coefficient (Wildman–Crippen LogP) is 5.18. The number of aromatic nitrogens is 1. The van der Waals surface area contributed by atoms with E-state index in [1.54, 1.807) is 0 Å². The topological polar surface area (TPSA) is 39.3 Å². The van der Waals surface area contributed by atoms with Gasteiger partial charge >= 0.3 is 0 Å². The van der Waals surface area contributed by atoms with Crippen molar-refractivity contribution in [3.05, 3.63) is 41.6 Å². The summed E-state index contributed by atoms with van der Waals surface area (Å²) in [5.74, 6) is 0.210. The van der Waals surface area contributed by atoms with E-state index >= 15 is 0 Å². The quantitative estimate of drug-likeness (QED) is 0.630. The molecule has 0 bridgehead atoms. The zero-order valence-electron chi connectivity index (χ0n) is 20.4. The largest absolute Gasteiger partial charge is 0.361 e. The molecule has 0 spiro atoms. The lowest BCUT2D eigenvalue weighted by Crippen LogP contribution is -2.47. The highest BCUT2D eigenvalue weighted by Crippen LogP contribution is 2.40. The van der Waals surface area contributed by atoms with Crippen LogP contribution < -0.4 is 0 Å². The fourth-order valence-corrected chi connectivity index (χ4v) is 6.97. The van der Waals surface area contributed by atoms with E-state index in [0.29, 0.717) is 6.04 Å². The first kappa shape index (κ1) is 23.8. The molecule has 0 saturated heterocycles. The van der Waals surface area contributed by atoms with Gasteiger partial charge in [-0.05, 0) is 50.1 Å². The summed E-state index contributed by atoms with van der Waals surface area (Å²) in [5.41, 5.74) is 5.21. The summed E-state index contributed by atoms with van der Waals surface area (Å²) < 4.78 is 0. The molecule has 1 amide bonds. The molecule has 2 aromatic rings. The molecule has 4 rings (SSSR count). The molecule has 5 heteroatoms. The van der Waals surface area contributed by atoms with Crippen molar-refractivity contribution in [2.24, 2.45) is 5.92 Å². The molecule has 0 fully saturated rings. The first-order valence-electron chi connectivity index (χ1n) is 12.3. The number of amides is 1. The van der Waals surface area contributed by atoms with Gasteiger partial charge in [-0.25, -0.2) is 0 Å². The van der Waals surface area contributed by atoms with Crippen LogP contribution in [0.15, 0.2) is 30.5 Å². The highest BCUT2D eigenvalue weighted by molar-refractivity contribution is 6.58. The van der Waals surface area contributed by atoms with Gasteiger partial charge in [-0.15, -0.1) is 0 Å². The van der Waals surface area contributed by atoms with Crippen LogP contribution in [0.5, 0.6) is 0 Å². The van der Waals surface area contributed by atoms with Gasteiger partial charge in [0, 0.05) is 51.6 Å². The Kier molecular flexibility index (Phi) is 8.17. The highest BCUT2D eigenvalue weighted by atomic mass is 28.3. The molecule has 0 unspecified atom stereocenters. The fraction of sp³-hybridized carbons (Fsp3) is 0.577. The number of carbonyl (C=O) groups excluding carboxylic acids is 1. The van der Waals surface area contributed by atoms with Gasteiger partial charge in [-0.1, -0.05) is 57.1 Å². The molecule has 170 valence electrons. The maximum absolute atomic E-state index is 12.9. The Bertz CT molecular complexity index is 905. The van der Waals surface area contributed by atoms with Crippen LogP contribution >= 0.6 is 0 Å². The lowest BCUT2D eigenvalue weighted by molar-refractivity contribution is -0.134. The highest BCUT2D eigenvalue weighted by Gasteiger charge is 2.36. The van der Waals surface area contributed by atoms with Crippen molar-refractivity contribution in [3.8, 4) is 0 Å². The molecule has 1 N–H and O–H groups in total. The van der Waals surface area contributed by atoms with E-state index in [1.165, 1.54) is 45.7 Å². The Morgan fingerprint density at radius 3 is 2.39 bits per heavy atom. The van der Waals surface area contributed by atoms with Crippen molar-refractivity contribution in [1.29, 1.82) is 0 Å². The number of fused-ring (bicyclic) bond motifs is 2. The van der Waals surface area contributed by atoms with Crippen molar-refractivity contribution < 1.29 is 4.79 Å². The summed E-state index contributed by atoms with van der Waals surface area (Å²) in [4.78, 5) is 20.6. The SMILES string of the molecule is CCN(CC)C(=O)[C@@H]1C=C2c3cccc4[nH]cc(c34)C[C@H]2N(C)C1.CC[SiH](CC)CC. The number of likely N-dealkylation sites (N-methyl/N-ethyl adjacent to an activating group) is 1. The van der Waals surface area contributed by atoms with Crippen LogP contribution in [0, 0.1) is 5.92 Å². The normalized spacial score (nSPS) is 20.2. The van der Waals surface area contributed by atoms with Gasteiger partial charge in [0.15, 0.2) is 0 Å². The minimum atomic E-state index is -0.171. The third-order valence-corrected chi connectivity index (χ3v) is 10.9. The number of hydrogen-bond donors (Lipinski definition) is 1. The van der Waals surface area contributed by atoms with Crippen LogP contribution in [0.4, 0.5) is 0 Å². The first-order valence-corrected chi connectivity index (χ1v) is 14.7. The Morgan fingerprint density at radius 2 is 1.81 bits per heavy atom. The van der Waals surface area contributed by atoms with Gasteiger partial charge in [-0.2, -0.15) is 0 Å². The number of nitrogens with one attached hydrogen (secondary N) is 1. The molecule has 1 aliphatic heterocycles. The van der Waals surface area contributed by atoms with E-state index in [2.05, 4.69) is 82.0 Å². The average Bonchev–Trinajstić information content (AvgIpc) is 3.21. The number of aromatic amines is 1. The summed E-state index contributed by atoms with van der Waals surface area (Å²) in [7, 11) is 1.98. The number of nitrogens with zero attached hydrogens (tertiary/aromatic N) is 2. The van der Waals surface area contributed by atoms with Crippen LogP contribution in [-0.4, -0.2) is 62.2 Å². The van der Waals surface area contributed by atoms with Crippen LogP contribution in [0.25, 0.3) is 16.5 Å². The molecule has 2 heterocycles. The monoisotopic (exact) mass is 439 g/mol. The molecule has 1 aromatic carbocycles. The van der Waals surface area contributed by atoms with Gasteiger partial charge in [0.25, 0.3) is 0 Å². The minimum absolute atomic E-state index is 0.0445. The second-order valence-corrected chi connectivity index (χ2v) is 13.2. The van der Waals surface area contributed by atoms with Gasteiger partial charge in [-0.3, -0.25) is 9.69 Å². The second kappa shape index (κ2) is 10.6. The number of rotatable bonds is 6. The molecular formula is C26H41N3OSi. The molecular weight excluding hydrogens is 398 g/mol. The Balaban J connectivity index is 0.000000339. The van der Waals surface area contributed by atoms with Crippen molar-refractivity contribution in [3.63, 3.8) is 0 Å². The van der Waals surface area contributed by atoms with E-state index in [-0.39, 0.29) is 20.6 Å². The average molecular weight is 440 g/mol. The summed E-state index contributed by atoms with van der Waals surface area (Å²) in [6, 6.07) is 11.3. The summed E-state index contributed by atoms with van der Waals surface area (Å²) in [6.07, 6.45) is 5.41. The molecule has 1 aromatic heterocycles. The number of hydrogen-bond acceptors (Lipinski definition) is 2. The summed E-state index contributed by atoms with van der Waals surface area (Å²) in [6.45, 7) is 13.4. The Labute approximate surface area is 190 Å². The molecule has 31 heavy (non-hydrogen) atoms. The summed E-state index contributed by atoms with van der Waals surface area (Å²) in [5, 5.41) is 1.34. The van der Waals surface area contributed by atoms with Crippen LogP contribution in [0.2, 0.25) is 18.1 Å². The lowest BCUT2D eigenvalue weighted by Gasteiger charge is -2.40. The molecule has 4 nitrogen and oxygen atoms in total. The molecule has 1 aliphatic carbocycles. The zero-order chi connectivity index (χ0) is 22.5. The third kappa shape index (κ3) is 4.83. The van der Waals surface area contributed by atoms with E-state index in [4.69, 9.17) is 0 Å². The van der Waals surface area contributed by atoms with Crippen LogP contribution in [0.1, 0.15) is 45.7 Å². The van der Waals surface area contributed by atoms with Crippen LogP contribution in [-0.2, 0) is 11.2 Å². The van der Waals surface area contributed by atoms with Gasteiger partial charge < -0.3 is 9.88 Å². The zero-order valence-corrected chi connectivity index (χ0v) is 21.5. The van der Waals surface area contributed by atoms with Crippen LogP contribution in [0.3, 0.4) is 0 Å². The molecule has 0 radical (unpaired) electrons. The van der Waals surface area contributed by atoms with E-state index in [1.807, 2.05) is 4.90 Å². The number of benzene rings is 1. The van der Waals surface area contributed by atoms with E-state index < -0.39 is 0 Å². The minimum Gasteiger partial charge on any atom is -0.361 e. The lowest BCUT2D eigenvalue weighted by atomic mass is 9.79. The third-order valence-electron chi connectivity index (χ3n) is 7.39. The van der Waals surface area contributed by atoms with Gasteiger partial charge in [0.2, 0.25) is 5.91 Å². The smallest absolute Gasteiger partial charge is 0.230 e. The van der Waals surface area contributed by atoms with Crippen molar-refractivity contribution >= 4 is 31.2 Å². The van der Waals surface area contributed by atoms with Crippen molar-refractivity contribution in [2.45, 2.75) is 65.2 Å². The van der Waals surface area contributed by atoms with Gasteiger partial charge in [0.05, 0.1) is 5.92 Å². The number of H-pyrrole nitrogens is 1. The standard InChI is InChI=1S/C20H25N3O.C6H16Si/c1-4-23(5-2)20(24)14-9-16-15-7-6-8-17-19(15)13(11-21-17)10-18(16)22(3)12-14;1-4-7(5-2)6-3/h6-9,11,14,18,21H,4-5,10,12H2,1-3H3;7H,4-6H2,1-3H3/t14-,18-;/m1./s1. The molecule has 2 aliphatic rings. The number of carbonyl (C=O) groups is 1. The second-order valence-electron chi connectivity index (χ2n) is 9.03. The van der Waals surface area contributed by atoms with Crippen molar-refractivity contribution in [1.82, 2.24) is 14.8 Å². The predicted molar refractivity (Wildman–Crippen MR) is 136 cm³/mol. The van der Waals surface area contributed by atoms with Crippen molar-refractivity contribution in [2.75, 3.05) is 26.7 Å². The maximum atomic E-state index is 12.9. The van der Waals surface area contributed by atoms with E-state index in [0.717, 1.165) is 26.1 Å².